The van der Waals surface area contributed by atoms with Gasteiger partial charge in [-0.3, -0.25) is 4.79 Å². The molecule has 0 spiro atoms. The van der Waals surface area contributed by atoms with Crippen molar-refractivity contribution in [1.29, 1.82) is 0 Å². The molecule has 0 heterocycles. The van der Waals surface area contributed by atoms with Gasteiger partial charge in [-0.25, -0.2) is 0 Å². The highest BCUT2D eigenvalue weighted by molar-refractivity contribution is 6.04. The van der Waals surface area contributed by atoms with Crippen LogP contribution in [0.15, 0.2) is 24.3 Å². The van der Waals surface area contributed by atoms with Gasteiger partial charge in [0.15, 0.2) is 0 Å². The van der Waals surface area contributed by atoms with Crippen molar-refractivity contribution in [3.8, 4) is 11.8 Å². The zero-order valence-electron chi connectivity index (χ0n) is 8.74. The quantitative estimate of drug-likeness (QED) is 0.719. The minimum atomic E-state index is -0.615. The molecule has 0 aliphatic rings. The van der Waals surface area contributed by atoms with E-state index in [1.54, 1.807) is 32.0 Å². The van der Waals surface area contributed by atoms with Gasteiger partial charge in [0.2, 0.25) is 0 Å². The highest BCUT2D eigenvalue weighted by Gasteiger charge is 2.08. The predicted octanol–water partition coefficient (Wildman–Crippen LogP) is 1.70. The lowest BCUT2D eigenvalue weighted by Gasteiger charge is -2.10. The summed E-state index contributed by atoms with van der Waals surface area (Å²) in [6.07, 6.45) is -0.615. The Labute approximate surface area is 89.1 Å². The number of hydrogen-bond acceptors (Lipinski definition) is 2. The molecule has 15 heavy (non-hydrogen) atoms. The number of aliphatic hydroxyl groups excluding tert-OH is 1. The Morgan fingerprint density at radius 3 is 2.73 bits per heavy atom. The summed E-state index contributed by atoms with van der Waals surface area (Å²) in [5.74, 6) is 4.52. The van der Waals surface area contributed by atoms with Gasteiger partial charge in [0.25, 0.3) is 5.91 Å². The Hall–Kier alpha value is -1.79. The number of carbonyl (C=O) groups excluding carboxylic acids is 1. The van der Waals surface area contributed by atoms with E-state index >= 15 is 0 Å². The van der Waals surface area contributed by atoms with Crippen LogP contribution in [0.1, 0.15) is 25.5 Å². The van der Waals surface area contributed by atoms with Crippen LogP contribution in [0.2, 0.25) is 0 Å². The summed E-state index contributed by atoms with van der Waals surface area (Å²) in [6, 6.07) is 7.10. The maximum atomic E-state index is 11.2. The molecule has 0 aliphatic carbocycles. The summed E-state index contributed by atoms with van der Waals surface area (Å²) >= 11 is 0. The molecule has 0 aliphatic heterocycles. The van der Waals surface area contributed by atoms with Gasteiger partial charge in [-0.1, -0.05) is 24.1 Å². The standard InChI is InChI=1S/C12H13NO2/c1-3-6-12(15)13-11-8-5-4-7-10(11)9(2)14/h4-5,7-9,14H,1-2H3,(H,13,15). The molecule has 0 saturated heterocycles. The minimum Gasteiger partial charge on any atom is -0.389 e. The average Bonchev–Trinajstić information content (AvgIpc) is 2.18. The monoisotopic (exact) mass is 203 g/mol. The smallest absolute Gasteiger partial charge is 0.300 e. The molecule has 3 nitrogen and oxygen atoms in total. The lowest BCUT2D eigenvalue weighted by atomic mass is 10.1. The number of amides is 1. The lowest BCUT2D eigenvalue weighted by molar-refractivity contribution is -0.111. The first kappa shape index (κ1) is 11.3. The molecule has 1 atom stereocenters. The molecule has 2 N–H and O–H groups in total. The summed E-state index contributed by atoms with van der Waals surface area (Å²) in [7, 11) is 0. The van der Waals surface area contributed by atoms with Crippen LogP contribution in [0.4, 0.5) is 5.69 Å². The molecule has 1 rings (SSSR count). The summed E-state index contributed by atoms with van der Waals surface area (Å²) in [5.41, 5.74) is 1.28. The highest BCUT2D eigenvalue weighted by atomic mass is 16.3. The van der Waals surface area contributed by atoms with Crippen molar-refractivity contribution in [3.63, 3.8) is 0 Å². The largest absolute Gasteiger partial charge is 0.389 e. The predicted molar refractivity (Wildman–Crippen MR) is 59.2 cm³/mol. The molecular weight excluding hydrogens is 190 g/mol. The Morgan fingerprint density at radius 1 is 1.47 bits per heavy atom. The van der Waals surface area contributed by atoms with E-state index in [1.165, 1.54) is 0 Å². The van der Waals surface area contributed by atoms with Crippen LogP contribution in [-0.4, -0.2) is 11.0 Å². The molecule has 0 bridgehead atoms. The zero-order valence-corrected chi connectivity index (χ0v) is 8.74. The topological polar surface area (TPSA) is 49.3 Å². The molecule has 0 radical (unpaired) electrons. The molecular formula is C12H13NO2. The van der Waals surface area contributed by atoms with Crippen molar-refractivity contribution in [2.24, 2.45) is 0 Å². The van der Waals surface area contributed by atoms with E-state index in [0.29, 0.717) is 11.3 Å². The molecule has 78 valence electrons. The third kappa shape index (κ3) is 3.12. The normalized spacial score (nSPS) is 11.1. The van der Waals surface area contributed by atoms with Gasteiger partial charge in [-0.2, -0.15) is 0 Å². The Morgan fingerprint density at radius 2 is 2.13 bits per heavy atom. The summed E-state index contributed by atoms with van der Waals surface area (Å²) in [4.78, 5) is 11.2. The second-order valence-corrected chi connectivity index (χ2v) is 3.09. The average molecular weight is 203 g/mol. The Bertz CT molecular complexity index is 413. The molecule has 0 aromatic heterocycles. The number of anilines is 1. The first-order chi connectivity index (χ1) is 7.15. The van der Waals surface area contributed by atoms with E-state index in [0.717, 1.165) is 0 Å². The molecule has 1 amide bonds. The zero-order chi connectivity index (χ0) is 11.3. The number of para-hydroxylation sites is 1. The summed E-state index contributed by atoms with van der Waals surface area (Å²) in [6.45, 7) is 3.25. The van der Waals surface area contributed by atoms with Crippen molar-refractivity contribution >= 4 is 11.6 Å². The van der Waals surface area contributed by atoms with Crippen molar-refractivity contribution in [1.82, 2.24) is 0 Å². The number of aliphatic hydroxyl groups is 1. The van der Waals surface area contributed by atoms with Gasteiger partial charge in [-0.15, -0.1) is 0 Å². The van der Waals surface area contributed by atoms with E-state index in [4.69, 9.17) is 0 Å². The maximum absolute atomic E-state index is 11.2. The van der Waals surface area contributed by atoms with Crippen LogP contribution in [0.3, 0.4) is 0 Å². The molecule has 1 unspecified atom stereocenters. The number of benzene rings is 1. The number of nitrogens with one attached hydrogen (secondary N) is 1. The lowest BCUT2D eigenvalue weighted by Crippen LogP contribution is -2.11. The number of hydrogen-bond donors (Lipinski definition) is 2. The van der Waals surface area contributed by atoms with E-state index < -0.39 is 6.10 Å². The fourth-order valence-corrected chi connectivity index (χ4v) is 1.24. The third-order valence-electron chi connectivity index (χ3n) is 1.90. The van der Waals surface area contributed by atoms with Crippen molar-refractivity contribution in [2.75, 3.05) is 5.32 Å². The van der Waals surface area contributed by atoms with Crippen LogP contribution in [0, 0.1) is 11.8 Å². The molecule has 0 fully saturated rings. The van der Waals surface area contributed by atoms with Crippen molar-refractivity contribution in [3.05, 3.63) is 29.8 Å². The first-order valence-corrected chi connectivity index (χ1v) is 4.66. The van der Waals surface area contributed by atoms with Crippen LogP contribution in [0.5, 0.6) is 0 Å². The van der Waals surface area contributed by atoms with Crippen LogP contribution < -0.4 is 5.32 Å². The number of carbonyl (C=O) groups is 1. The van der Waals surface area contributed by atoms with E-state index in [-0.39, 0.29) is 5.91 Å². The van der Waals surface area contributed by atoms with Gasteiger partial charge in [0.05, 0.1) is 6.10 Å². The molecule has 3 heteroatoms. The van der Waals surface area contributed by atoms with Gasteiger partial charge in [-0.05, 0) is 25.8 Å². The van der Waals surface area contributed by atoms with Crippen LogP contribution >= 0.6 is 0 Å². The second-order valence-electron chi connectivity index (χ2n) is 3.09. The fraction of sp³-hybridized carbons (Fsp3) is 0.250. The van der Waals surface area contributed by atoms with E-state index in [9.17, 15) is 9.90 Å². The van der Waals surface area contributed by atoms with Crippen LogP contribution in [-0.2, 0) is 4.79 Å². The van der Waals surface area contributed by atoms with Crippen molar-refractivity contribution < 1.29 is 9.90 Å². The van der Waals surface area contributed by atoms with E-state index in [2.05, 4.69) is 17.2 Å². The molecule has 1 aromatic carbocycles. The molecule has 1 aromatic rings. The van der Waals surface area contributed by atoms with Gasteiger partial charge in [0.1, 0.15) is 0 Å². The van der Waals surface area contributed by atoms with Gasteiger partial charge in [0, 0.05) is 11.3 Å². The van der Waals surface area contributed by atoms with Gasteiger partial charge >= 0.3 is 0 Å². The maximum Gasteiger partial charge on any atom is 0.300 e. The first-order valence-electron chi connectivity index (χ1n) is 4.66. The highest BCUT2D eigenvalue weighted by Crippen LogP contribution is 2.21. The minimum absolute atomic E-state index is 0.370. The fourth-order valence-electron chi connectivity index (χ4n) is 1.24. The number of rotatable bonds is 2. The third-order valence-corrected chi connectivity index (χ3v) is 1.90. The van der Waals surface area contributed by atoms with E-state index in [1.807, 2.05) is 6.07 Å². The SMILES string of the molecule is CC#CC(=O)Nc1ccccc1C(C)O. The second kappa shape index (κ2) is 5.18. The van der Waals surface area contributed by atoms with Crippen LogP contribution in [0.25, 0.3) is 0 Å². The Kier molecular flexibility index (Phi) is 3.90. The van der Waals surface area contributed by atoms with Crippen molar-refractivity contribution in [2.45, 2.75) is 20.0 Å². The summed E-state index contributed by atoms with van der Waals surface area (Å²) in [5, 5.41) is 12.1. The Balaban J connectivity index is 2.92. The summed E-state index contributed by atoms with van der Waals surface area (Å²) < 4.78 is 0. The van der Waals surface area contributed by atoms with Gasteiger partial charge < -0.3 is 10.4 Å². The molecule has 0 saturated carbocycles.